The van der Waals surface area contributed by atoms with Gasteiger partial charge in [-0.15, -0.1) is 0 Å². The molecule has 1 fully saturated rings. The summed E-state index contributed by atoms with van der Waals surface area (Å²) in [6.45, 7) is 8.84. The quantitative estimate of drug-likeness (QED) is 0.846. The van der Waals surface area contributed by atoms with E-state index in [1.54, 1.807) is 4.90 Å². The molecule has 1 atom stereocenters. The molecule has 2 aromatic carbocycles. The Morgan fingerprint density at radius 1 is 1.07 bits per heavy atom. The smallest absolute Gasteiger partial charge is 0.319 e. The van der Waals surface area contributed by atoms with Crippen LogP contribution in [0.2, 0.25) is 0 Å². The number of hydrogen-bond acceptors (Lipinski definition) is 2. The number of hydrogen-bond donors (Lipinski definition) is 2. The molecule has 2 aromatic rings. The molecule has 0 spiro atoms. The molecule has 1 heterocycles. The Balaban J connectivity index is 1.58. The van der Waals surface area contributed by atoms with Crippen molar-refractivity contribution in [3.05, 3.63) is 59.2 Å². The van der Waals surface area contributed by atoms with E-state index in [0.29, 0.717) is 18.9 Å². The number of anilines is 2. The summed E-state index contributed by atoms with van der Waals surface area (Å²) in [4.78, 5) is 26.4. The van der Waals surface area contributed by atoms with E-state index in [2.05, 4.69) is 24.5 Å². The highest BCUT2D eigenvalue weighted by Gasteiger charge is 2.31. The Hall–Kier alpha value is -2.82. The van der Waals surface area contributed by atoms with Crippen LogP contribution in [0.3, 0.4) is 0 Å². The molecule has 27 heavy (non-hydrogen) atoms. The number of benzene rings is 2. The van der Waals surface area contributed by atoms with Gasteiger partial charge in [0.1, 0.15) is 0 Å². The fourth-order valence-corrected chi connectivity index (χ4v) is 3.25. The first-order valence-corrected chi connectivity index (χ1v) is 9.38. The highest BCUT2D eigenvalue weighted by molar-refractivity contribution is 5.97. The first-order chi connectivity index (χ1) is 12.8. The van der Waals surface area contributed by atoms with E-state index in [0.717, 1.165) is 16.9 Å². The molecule has 0 saturated carbocycles. The maximum Gasteiger partial charge on any atom is 0.319 e. The molecule has 3 rings (SSSR count). The molecule has 2 N–H and O–H groups in total. The Labute approximate surface area is 160 Å². The van der Waals surface area contributed by atoms with Crippen LogP contribution in [0.1, 0.15) is 42.9 Å². The number of nitrogens with one attached hydrogen (secondary N) is 2. The van der Waals surface area contributed by atoms with E-state index in [1.165, 1.54) is 11.1 Å². The lowest BCUT2D eigenvalue weighted by atomic mass is 10.0. The summed E-state index contributed by atoms with van der Waals surface area (Å²) < 4.78 is 0. The molecule has 0 radical (unpaired) electrons. The Bertz CT molecular complexity index is 843. The molecular formula is C22H27N3O2. The number of aryl methyl sites for hydroxylation is 2. The highest BCUT2D eigenvalue weighted by Crippen LogP contribution is 2.24. The molecular weight excluding hydrogens is 338 g/mol. The number of amides is 3. The van der Waals surface area contributed by atoms with Gasteiger partial charge in [0.05, 0.1) is 6.04 Å². The first-order valence-electron chi connectivity index (χ1n) is 9.38. The second kappa shape index (κ2) is 7.82. The lowest BCUT2D eigenvalue weighted by Crippen LogP contribution is -2.39. The third-order valence-corrected chi connectivity index (χ3v) is 5.10. The zero-order valence-corrected chi connectivity index (χ0v) is 16.4. The summed E-state index contributed by atoms with van der Waals surface area (Å²) in [7, 11) is 0. The molecule has 5 heteroatoms. The van der Waals surface area contributed by atoms with Crippen molar-refractivity contribution in [3.8, 4) is 0 Å². The van der Waals surface area contributed by atoms with Gasteiger partial charge in [-0.25, -0.2) is 4.79 Å². The maximum atomic E-state index is 12.4. The van der Waals surface area contributed by atoms with Crippen molar-refractivity contribution in [1.29, 1.82) is 0 Å². The molecule has 0 aliphatic carbocycles. The van der Waals surface area contributed by atoms with E-state index in [4.69, 9.17) is 0 Å². The molecule has 142 valence electrons. The van der Waals surface area contributed by atoms with Gasteiger partial charge in [0.25, 0.3) is 0 Å². The van der Waals surface area contributed by atoms with Crippen LogP contribution in [0, 0.1) is 13.8 Å². The molecule has 1 saturated heterocycles. The van der Waals surface area contributed by atoms with Crippen molar-refractivity contribution in [3.63, 3.8) is 0 Å². The topological polar surface area (TPSA) is 61.4 Å². The van der Waals surface area contributed by atoms with Gasteiger partial charge in [0.15, 0.2) is 0 Å². The zero-order chi connectivity index (χ0) is 19.6. The van der Waals surface area contributed by atoms with Gasteiger partial charge in [-0.3, -0.25) is 4.79 Å². The van der Waals surface area contributed by atoms with Gasteiger partial charge in [0, 0.05) is 24.3 Å². The fourth-order valence-electron chi connectivity index (χ4n) is 3.25. The van der Waals surface area contributed by atoms with Crippen LogP contribution in [0.4, 0.5) is 16.2 Å². The Kier molecular flexibility index (Phi) is 5.49. The largest absolute Gasteiger partial charge is 0.333 e. The van der Waals surface area contributed by atoms with Gasteiger partial charge in [-0.1, -0.05) is 32.0 Å². The van der Waals surface area contributed by atoms with Gasteiger partial charge in [-0.05, 0) is 60.7 Å². The second-order valence-electron chi connectivity index (χ2n) is 7.55. The minimum Gasteiger partial charge on any atom is -0.333 e. The molecule has 5 nitrogen and oxygen atoms in total. The summed E-state index contributed by atoms with van der Waals surface area (Å²) in [6, 6.07) is 13.3. The highest BCUT2D eigenvalue weighted by atomic mass is 16.2. The lowest BCUT2D eigenvalue weighted by molar-refractivity contribution is -0.117. The summed E-state index contributed by atoms with van der Waals surface area (Å²) in [5, 5.41) is 5.75. The zero-order valence-electron chi connectivity index (χ0n) is 16.4. The van der Waals surface area contributed by atoms with Crippen LogP contribution in [0.15, 0.2) is 42.5 Å². The molecule has 1 aliphatic heterocycles. The number of rotatable bonds is 4. The predicted molar refractivity (Wildman–Crippen MR) is 109 cm³/mol. The average Bonchev–Trinajstić information content (AvgIpc) is 2.97. The van der Waals surface area contributed by atoms with Crippen molar-refractivity contribution in [1.82, 2.24) is 5.32 Å². The van der Waals surface area contributed by atoms with E-state index in [-0.39, 0.29) is 18.0 Å². The summed E-state index contributed by atoms with van der Waals surface area (Å²) >= 11 is 0. The van der Waals surface area contributed by atoms with Crippen LogP contribution in [0.5, 0.6) is 0 Å². The van der Waals surface area contributed by atoms with Gasteiger partial charge < -0.3 is 15.5 Å². The normalized spacial score (nSPS) is 16.7. The molecule has 0 bridgehead atoms. The minimum absolute atomic E-state index is 0.0323. The van der Waals surface area contributed by atoms with E-state index in [9.17, 15) is 9.59 Å². The van der Waals surface area contributed by atoms with E-state index >= 15 is 0 Å². The predicted octanol–water partition coefficient (Wildman–Crippen LogP) is 4.35. The Morgan fingerprint density at radius 3 is 2.41 bits per heavy atom. The van der Waals surface area contributed by atoms with Crippen molar-refractivity contribution >= 4 is 23.3 Å². The standard InChI is InChI=1S/C22H27N3O2/c1-14(2)17-6-8-18(9-7-17)23-22(27)24-19-12-21(26)25(13-19)20-10-5-15(3)16(4)11-20/h5-11,14,19H,12-13H2,1-4H3,(H2,23,24,27)/t19-/m1/s1. The molecule has 3 amide bonds. The first kappa shape index (κ1) is 19.0. The van der Waals surface area contributed by atoms with Gasteiger partial charge in [-0.2, -0.15) is 0 Å². The number of urea groups is 1. The fraction of sp³-hybridized carbons (Fsp3) is 0.364. The van der Waals surface area contributed by atoms with Crippen molar-refractivity contribution < 1.29 is 9.59 Å². The lowest BCUT2D eigenvalue weighted by Gasteiger charge is -2.18. The number of nitrogens with zero attached hydrogens (tertiary/aromatic N) is 1. The molecule has 0 aromatic heterocycles. The van der Waals surface area contributed by atoms with E-state index < -0.39 is 0 Å². The monoisotopic (exact) mass is 365 g/mol. The van der Waals surface area contributed by atoms with Crippen LogP contribution in [0.25, 0.3) is 0 Å². The number of carbonyl (C=O) groups is 2. The second-order valence-corrected chi connectivity index (χ2v) is 7.55. The van der Waals surface area contributed by atoms with E-state index in [1.807, 2.05) is 56.3 Å². The average molecular weight is 365 g/mol. The van der Waals surface area contributed by atoms with Crippen LogP contribution in [-0.4, -0.2) is 24.5 Å². The van der Waals surface area contributed by atoms with Gasteiger partial charge in [0.2, 0.25) is 5.91 Å². The summed E-state index contributed by atoms with van der Waals surface area (Å²) in [5.41, 5.74) is 5.21. The minimum atomic E-state index is -0.285. The van der Waals surface area contributed by atoms with Gasteiger partial charge >= 0.3 is 6.03 Å². The van der Waals surface area contributed by atoms with Crippen molar-refractivity contribution in [2.45, 2.75) is 46.1 Å². The van der Waals surface area contributed by atoms with Crippen molar-refractivity contribution in [2.24, 2.45) is 0 Å². The summed E-state index contributed by atoms with van der Waals surface area (Å²) in [6.07, 6.45) is 0.312. The van der Waals surface area contributed by atoms with Crippen molar-refractivity contribution in [2.75, 3.05) is 16.8 Å². The number of carbonyl (C=O) groups excluding carboxylic acids is 2. The SMILES string of the molecule is Cc1ccc(N2C[C@H](NC(=O)Nc3ccc(C(C)C)cc3)CC2=O)cc1C. The third-order valence-electron chi connectivity index (χ3n) is 5.10. The molecule has 0 unspecified atom stereocenters. The maximum absolute atomic E-state index is 12.4. The van der Waals surface area contributed by atoms with Crippen LogP contribution < -0.4 is 15.5 Å². The Morgan fingerprint density at radius 2 is 1.78 bits per heavy atom. The third kappa shape index (κ3) is 4.48. The summed E-state index contributed by atoms with van der Waals surface area (Å²) in [5.74, 6) is 0.485. The van der Waals surface area contributed by atoms with Crippen LogP contribution >= 0.6 is 0 Å². The molecule has 1 aliphatic rings. The van der Waals surface area contributed by atoms with Crippen LogP contribution in [-0.2, 0) is 4.79 Å².